The molecule has 6 heteroatoms. The van der Waals surface area contributed by atoms with Crippen LogP contribution in [0.1, 0.15) is 18.4 Å². The highest BCUT2D eigenvalue weighted by molar-refractivity contribution is 5.77. The van der Waals surface area contributed by atoms with Crippen LogP contribution in [0.2, 0.25) is 0 Å². The Bertz CT molecular complexity index is 701. The smallest absolute Gasteiger partial charge is 0.366 e. The Morgan fingerprint density at radius 3 is 2.58 bits per heavy atom. The second kappa shape index (κ2) is 6.75. The maximum absolute atomic E-state index is 11.7. The molecule has 1 aromatic carbocycles. The molecule has 0 amide bonds. The van der Waals surface area contributed by atoms with Crippen LogP contribution in [-0.4, -0.2) is 37.1 Å². The minimum Gasteiger partial charge on any atom is -0.465 e. The predicted molar refractivity (Wildman–Crippen MR) is 86.2 cm³/mol. The van der Waals surface area contributed by atoms with Crippen molar-refractivity contribution in [2.45, 2.75) is 26.1 Å². The first-order chi connectivity index (χ1) is 11.5. The third kappa shape index (κ3) is 3.34. The Hall–Kier alpha value is -2.18. The van der Waals surface area contributed by atoms with Crippen molar-refractivity contribution in [3.05, 3.63) is 41.8 Å². The van der Waals surface area contributed by atoms with Crippen LogP contribution in [-0.2, 0) is 25.4 Å². The van der Waals surface area contributed by atoms with E-state index in [1.807, 2.05) is 37.3 Å². The van der Waals surface area contributed by atoms with E-state index in [9.17, 15) is 4.79 Å². The lowest BCUT2D eigenvalue weighted by molar-refractivity contribution is -0.272. The largest absolute Gasteiger partial charge is 0.465 e. The molecule has 0 unspecified atom stereocenters. The fourth-order valence-corrected chi connectivity index (χ4v) is 2.66. The Kier molecular flexibility index (Phi) is 4.69. The van der Waals surface area contributed by atoms with Gasteiger partial charge in [0.15, 0.2) is 0 Å². The SMILES string of the molecule is COC(=O)C1(C)OCC(Cc2nc(-c3ccccc3)oc2C)CO1. The van der Waals surface area contributed by atoms with Crippen molar-refractivity contribution in [2.24, 2.45) is 5.92 Å². The number of esters is 1. The van der Waals surface area contributed by atoms with E-state index in [1.54, 1.807) is 6.92 Å². The fraction of sp³-hybridized carbons (Fsp3) is 0.444. The van der Waals surface area contributed by atoms with Crippen LogP contribution in [0.4, 0.5) is 0 Å². The van der Waals surface area contributed by atoms with E-state index in [1.165, 1.54) is 7.11 Å². The number of oxazole rings is 1. The lowest BCUT2D eigenvalue weighted by Crippen LogP contribution is -2.48. The molecule has 3 rings (SSSR count). The quantitative estimate of drug-likeness (QED) is 0.802. The lowest BCUT2D eigenvalue weighted by Gasteiger charge is -2.35. The highest BCUT2D eigenvalue weighted by atomic mass is 16.7. The van der Waals surface area contributed by atoms with Gasteiger partial charge in [-0.05, 0) is 19.1 Å². The number of hydrogen-bond donors (Lipinski definition) is 0. The number of carbonyl (C=O) groups excluding carboxylic acids is 1. The lowest BCUT2D eigenvalue weighted by atomic mass is 10.0. The van der Waals surface area contributed by atoms with Gasteiger partial charge in [0.1, 0.15) is 5.76 Å². The van der Waals surface area contributed by atoms with Crippen LogP contribution in [0, 0.1) is 12.8 Å². The van der Waals surface area contributed by atoms with Crippen molar-refractivity contribution in [2.75, 3.05) is 20.3 Å². The summed E-state index contributed by atoms with van der Waals surface area (Å²) in [5, 5.41) is 0. The Morgan fingerprint density at radius 1 is 1.29 bits per heavy atom. The van der Waals surface area contributed by atoms with E-state index in [-0.39, 0.29) is 5.92 Å². The van der Waals surface area contributed by atoms with Gasteiger partial charge >= 0.3 is 5.97 Å². The number of carbonyl (C=O) groups is 1. The van der Waals surface area contributed by atoms with Crippen LogP contribution < -0.4 is 0 Å². The van der Waals surface area contributed by atoms with Gasteiger partial charge in [-0.3, -0.25) is 0 Å². The maximum Gasteiger partial charge on any atom is 0.366 e. The summed E-state index contributed by atoms with van der Waals surface area (Å²) < 4.78 is 21.6. The standard InChI is InChI=1S/C18H21NO5/c1-12-15(19-16(24-12)14-7-5-4-6-8-14)9-13-10-22-18(2,23-11-13)17(20)21-3/h4-8,13H,9-11H2,1-3H3. The molecule has 6 nitrogen and oxygen atoms in total. The number of aryl methyl sites for hydroxylation is 1. The van der Waals surface area contributed by atoms with Gasteiger partial charge in [0.2, 0.25) is 5.89 Å². The zero-order valence-electron chi connectivity index (χ0n) is 14.1. The predicted octanol–water partition coefficient (Wildman–Crippen LogP) is 2.74. The van der Waals surface area contributed by atoms with Gasteiger partial charge in [-0.15, -0.1) is 0 Å². The van der Waals surface area contributed by atoms with Crippen LogP contribution >= 0.6 is 0 Å². The normalized spacial score (nSPS) is 23.9. The van der Waals surface area contributed by atoms with Crippen LogP contribution in [0.25, 0.3) is 11.5 Å². The number of methoxy groups -OCH3 is 1. The molecule has 0 N–H and O–H groups in total. The summed E-state index contributed by atoms with van der Waals surface area (Å²) in [4.78, 5) is 16.3. The summed E-state index contributed by atoms with van der Waals surface area (Å²) in [5.41, 5.74) is 1.83. The fourth-order valence-electron chi connectivity index (χ4n) is 2.66. The average molecular weight is 331 g/mol. The second-order valence-electron chi connectivity index (χ2n) is 6.02. The van der Waals surface area contributed by atoms with Crippen molar-refractivity contribution < 1.29 is 23.4 Å². The number of nitrogens with zero attached hydrogens (tertiary/aromatic N) is 1. The van der Waals surface area contributed by atoms with Gasteiger partial charge in [-0.2, -0.15) is 0 Å². The molecule has 0 saturated carbocycles. The van der Waals surface area contributed by atoms with E-state index < -0.39 is 11.8 Å². The summed E-state index contributed by atoms with van der Waals surface area (Å²) in [7, 11) is 1.32. The molecule has 128 valence electrons. The molecular formula is C18H21NO5. The number of hydrogen-bond acceptors (Lipinski definition) is 6. The average Bonchev–Trinajstić information content (AvgIpc) is 2.98. The maximum atomic E-state index is 11.7. The topological polar surface area (TPSA) is 70.8 Å². The summed E-state index contributed by atoms with van der Waals surface area (Å²) in [6, 6.07) is 9.78. The van der Waals surface area contributed by atoms with Crippen LogP contribution in [0.15, 0.2) is 34.7 Å². The minimum absolute atomic E-state index is 0.107. The second-order valence-corrected chi connectivity index (χ2v) is 6.02. The van der Waals surface area contributed by atoms with Crippen molar-refractivity contribution in [1.82, 2.24) is 4.98 Å². The first-order valence-electron chi connectivity index (χ1n) is 7.90. The highest BCUT2D eigenvalue weighted by Gasteiger charge is 2.41. The first kappa shape index (κ1) is 16.7. The van der Waals surface area contributed by atoms with Gasteiger partial charge in [0.25, 0.3) is 5.79 Å². The zero-order valence-corrected chi connectivity index (χ0v) is 14.1. The summed E-state index contributed by atoms with van der Waals surface area (Å²) in [6.07, 6.45) is 0.666. The molecule has 0 atom stereocenters. The molecule has 2 aromatic rings. The van der Waals surface area contributed by atoms with E-state index in [0.29, 0.717) is 25.5 Å². The van der Waals surface area contributed by atoms with E-state index >= 15 is 0 Å². The first-order valence-corrected chi connectivity index (χ1v) is 7.90. The number of ether oxygens (including phenoxy) is 3. The number of rotatable bonds is 4. The molecule has 1 aromatic heterocycles. The summed E-state index contributed by atoms with van der Waals surface area (Å²) in [5.74, 6) is -0.338. The Morgan fingerprint density at radius 2 is 1.96 bits per heavy atom. The van der Waals surface area contributed by atoms with Crippen LogP contribution in [0.5, 0.6) is 0 Å². The third-order valence-electron chi connectivity index (χ3n) is 4.14. The molecule has 1 fully saturated rings. The molecule has 24 heavy (non-hydrogen) atoms. The van der Waals surface area contributed by atoms with Crippen molar-refractivity contribution in [3.8, 4) is 11.5 Å². The summed E-state index contributed by atoms with van der Waals surface area (Å²) >= 11 is 0. The van der Waals surface area contributed by atoms with E-state index in [0.717, 1.165) is 17.0 Å². The monoisotopic (exact) mass is 331 g/mol. The molecule has 1 saturated heterocycles. The summed E-state index contributed by atoms with van der Waals surface area (Å²) in [6.45, 7) is 4.28. The van der Waals surface area contributed by atoms with Gasteiger partial charge in [-0.1, -0.05) is 18.2 Å². The van der Waals surface area contributed by atoms with Crippen molar-refractivity contribution in [1.29, 1.82) is 0 Å². The van der Waals surface area contributed by atoms with Gasteiger partial charge in [0, 0.05) is 24.8 Å². The number of aromatic nitrogens is 1. The minimum atomic E-state index is -1.32. The molecule has 0 radical (unpaired) electrons. The van der Waals surface area contributed by atoms with E-state index in [4.69, 9.17) is 18.6 Å². The molecule has 0 aliphatic carbocycles. The molecule has 1 aliphatic heterocycles. The molecular weight excluding hydrogens is 310 g/mol. The van der Waals surface area contributed by atoms with Gasteiger partial charge < -0.3 is 18.6 Å². The van der Waals surface area contributed by atoms with Crippen molar-refractivity contribution >= 4 is 5.97 Å². The van der Waals surface area contributed by atoms with Gasteiger partial charge in [0.05, 0.1) is 26.0 Å². The van der Waals surface area contributed by atoms with Crippen molar-refractivity contribution in [3.63, 3.8) is 0 Å². The van der Waals surface area contributed by atoms with E-state index in [2.05, 4.69) is 4.98 Å². The Balaban J connectivity index is 1.66. The molecule has 1 aliphatic rings. The molecule has 2 heterocycles. The molecule has 0 bridgehead atoms. The Labute approximate surface area is 140 Å². The zero-order chi connectivity index (χ0) is 17.2. The number of benzene rings is 1. The highest BCUT2D eigenvalue weighted by Crippen LogP contribution is 2.27. The van der Waals surface area contributed by atoms with Crippen LogP contribution in [0.3, 0.4) is 0 Å². The van der Waals surface area contributed by atoms with Gasteiger partial charge in [-0.25, -0.2) is 9.78 Å². The molecule has 0 spiro atoms. The third-order valence-corrected chi connectivity index (χ3v) is 4.14.